The number of hydrogen-bond acceptors (Lipinski definition) is 4. The van der Waals surface area contributed by atoms with Crippen LogP contribution in [-0.4, -0.2) is 37.6 Å². The summed E-state index contributed by atoms with van der Waals surface area (Å²) < 4.78 is 18.8. The van der Waals surface area contributed by atoms with Gasteiger partial charge in [-0.25, -0.2) is 4.39 Å². The Hall–Kier alpha value is -2.53. The molecule has 2 N–H and O–H groups in total. The van der Waals surface area contributed by atoms with E-state index in [1.165, 1.54) is 5.69 Å². The van der Waals surface area contributed by atoms with Crippen LogP contribution < -0.4 is 10.2 Å². The molecule has 1 aliphatic rings. The summed E-state index contributed by atoms with van der Waals surface area (Å²) in [6.45, 7) is 5.14. The topological polar surface area (TPSA) is 44.7 Å². The van der Waals surface area contributed by atoms with Gasteiger partial charge in [0.25, 0.3) is 0 Å². The summed E-state index contributed by atoms with van der Waals surface area (Å²) in [4.78, 5) is 2.30. The van der Waals surface area contributed by atoms with Crippen LogP contribution in [0.25, 0.3) is 5.76 Å². The number of fused-ring (bicyclic) bond motifs is 1. The molecule has 3 rings (SSSR count). The molecule has 0 spiro atoms. The summed E-state index contributed by atoms with van der Waals surface area (Å²) in [5.74, 6) is 0.596. The standard InChI is InChI=1S/C22H27FN2O2/c1-3-25(4-2)17-11-9-16(10-12-17)21-13-22(27-18(14-23)15-26)19-7-5-6-8-20(19)24-21/h5-13,18,21,24,26H,3-4,14-15H2,1-2H3/t18?,21-/m0/s1. The molecule has 0 radical (unpaired) electrons. The van der Waals surface area contributed by atoms with E-state index in [9.17, 15) is 9.50 Å². The zero-order valence-corrected chi connectivity index (χ0v) is 15.9. The average molecular weight is 370 g/mol. The molecular weight excluding hydrogens is 343 g/mol. The third-order valence-corrected chi connectivity index (χ3v) is 4.87. The van der Waals surface area contributed by atoms with Crippen LogP contribution >= 0.6 is 0 Å². The van der Waals surface area contributed by atoms with Gasteiger partial charge in [-0.3, -0.25) is 0 Å². The fourth-order valence-electron chi connectivity index (χ4n) is 3.33. The smallest absolute Gasteiger partial charge is 0.150 e. The van der Waals surface area contributed by atoms with E-state index < -0.39 is 12.8 Å². The highest BCUT2D eigenvalue weighted by atomic mass is 19.1. The van der Waals surface area contributed by atoms with Crippen molar-refractivity contribution in [3.8, 4) is 0 Å². The Bertz CT molecular complexity index is 768. The number of para-hydroxylation sites is 1. The van der Waals surface area contributed by atoms with E-state index in [1.54, 1.807) is 0 Å². The maximum atomic E-state index is 13.1. The molecule has 0 saturated carbocycles. The maximum absolute atomic E-state index is 13.1. The second-order valence-electron chi connectivity index (χ2n) is 6.54. The zero-order chi connectivity index (χ0) is 19.2. The zero-order valence-electron chi connectivity index (χ0n) is 15.9. The molecule has 0 amide bonds. The fourth-order valence-corrected chi connectivity index (χ4v) is 3.33. The lowest BCUT2D eigenvalue weighted by Gasteiger charge is -2.28. The van der Waals surface area contributed by atoms with Gasteiger partial charge in [-0.1, -0.05) is 24.3 Å². The number of halogens is 1. The molecule has 2 aromatic carbocycles. The molecule has 5 heteroatoms. The number of anilines is 2. The highest BCUT2D eigenvalue weighted by Gasteiger charge is 2.23. The Labute approximate surface area is 160 Å². The van der Waals surface area contributed by atoms with Crippen LogP contribution in [0, 0.1) is 0 Å². The minimum absolute atomic E-state index is 0.0837. The van der Waals surface area contributed by atoms with Gasteiger partial charge in [-0.2, -0.15) is 0 Å². The summed E-state index contributed by atoms with van der Waals surface area (Å²) >= 11 is 0. The van der Waals surface area contributed by atoms with Gasteiger partial charge in [0.15, 0.2) is 0 Å². The fraction of sp³-hybridized carbons (Fsp3) is 0.364. The molecule has 4 nitrogen and oxygen atoms in total. The molecule has 0 bridgehead atoms. The van der Waals surface area contributed by atoms with Crippen LogP contribution in [0.5, 0.6) is 0 Å². The normalized spacial score (nSPS) is 16.7. The van der Waals surface area contributed by atoms with Crippen molar-refractivity contribution < 1.29 is 14.2 Å². The molecule has 27 heavy (non-hydrogen) atoms. The lowest BCUT2D eigenvalue weighted by Crippen LogP contribution is -2.23. The molecule has 0 saturated heterocycles. The summed E-state index contributed by atoms with van der Waals surface area (Å²) in [7, 11) is 0. The van der Waals surface area contributed by atoms with Gasteiger partial charge in [0.05, 0.1) is 12.6 Å². The number of hydrogen-bond donors (Lipinski definition) is 2. The monoisotopic (exact) mass is 370 g/mol. The van der Waals surface area contributed by atoms with Crippen molar-refractivity contribution in [1.29, 1.82) is 0 Å². The predicted octanol–water partition coefficient (Wildman–Crippen LogP) is 4.39. The van der Waals surface area contributed by atoms with Gasteiger partial charge in [0.1, 0.15) is 18.5 Å². The number of ether oxygens (including phenoxy) is 1. The van der Waals surface area contributed by atoms with Crippen LogP contribution in [0.4, 0.5) is 15.8 Å². The molecular formula is C22H27FN2O2. The molecule has 2 atom stereocenters. The minimum Gasteiger partial charge on any atom is -0.485 e. The number of benzene rings is 2. The summed E-state index contributed by atoms with van der Waals surface area (Å²) in [6, 6.07) is 16.1. The van der Waals surface area contributed by atoms with Gasteiger partial charge in [0.2, 0.25) is 0 Å². The minimum atomic E-state index is -0.854. The van der Waals surface area contributed by atoms with Crippen LogP contribution in [0.2, 0.25) is 0 Å². The van der Waals surface area contributed by atoms with Crippen LogP contribution in [0.15, 0.2) is 54.6 Å². The molecule has 1 unspecified atom stereocenters. The summed E-state index contributed by atoms with van der Waals surface area (Å²) in [5, 5.41) is 12.8. The lowest BCUT2D eigenvalue weighted by atomic mass is 9.98. The van der Waals surface area contributed by atoms with Crippen LogP contribution in [0.3, 0.4) is 0 Å². The van der Waals surface area contributed by atoms with E-state index in [0.29, 0.717) is 5.76 Å². The molecule has 2 aromatic rings. The van der Waals surface area contributed by atoms with Gasteiger partial charge >= 0.3 is 0 Å². The molecule has 144 valence electrons. The first kappa shape index (κ1) is 19.2. The molecule has 1 heterocycles. The first-order chi connectivity index (χ1) is 13.2. The van der Waals surface area contributed by atoms with E-state index in [2.05, 4.69) is 48.3 Å². The van der Waals surface area contributed by atoms with Crippen molar-refractivity contribution >= 4 is 17.1 Å². The Morgan fingerprint density at radius 2 is 1.81 bits per heavy atom. The predicted molar refractivity (Wildman–Crippen MR) is 109 cm³/mol. The second-order valence-corrected chi connectivity index (χ2v) is 6.54. The number of nitrogens with one attached hydrogen (secondary N) is 1. The van der Waals surface area contributed by atoms with E-state index in [4.69, 9.17) is 4.74 Å². The molecule has 0 fully saturated rings. The van der Waals surface area contributed by atoms with E-state index >= 15 is 0 Å². The van der Waals surface area contributed by atoms with Crippen LogP contribution in [-0.2, 0) is 4.74 Å². The number of alkyl halides is 1. The first-order valence-corrected chi connectivity index (χ1v) is 9.46. The third kappa shape index (κ3) is 4.25. The van der Waals surface area contributed by atoms with Gasteiger partial charge in [0, 0.05) is 30.0 Å². The lowest BCUT2D eigenvalue weighted by molar-refractivity contribution is 0.0712. The molecule has 0 aromatic heterocycles. The van der Waals surface area contributed by atoms with Gasteiger partial charge in [-0.05, 0) is 49.8 Å². The van der Waals surface area contributed by atoms with Gasteiger partial charge in [-0.15, -0.1) is 0 Å². The Morgan fingerprint density at radius 3 is 2.44 bits per heavy atom. The largest absolute Gasteiger partial charge is 0.485 e. The van der Waals surface area contributed by atoms with Crippen molar-refractivity contribution in [3.63, 3.8) is 0 Å². The van der Waals surface area contributed by atoms with Crippen molar-refractivity contribution in [1.82, 2.24) is 0 Å². The first-order valence-electron chi connectivity index (χ1n) is 9.46. The Morgan fingerprint density at radius 1 is 1.11 bits per heavy atom. The van der Waals surface area contributed by atoms with Crippen LogP contribution in [0.1, 0.15) is 31.0 Å². The second kappa shape index (κ2) is 8.91. The Kier molecular flexibility index (Phi) is 6.35. The van der Waals surface area contributed by atoms with Crippen molar-refractivity contribution in [3.05, 3.63) is 65.7 Å². The number of nitrogens with zero attached hydrogens (tertiary/aromatic N) is 1. The highest BCUT2D eigenvalue weighted by molar-refractivity contribution is 5.77. The van der Waals surface area contributed by atoms with Gasteiger partial charge < -0.3 is 20.1 Å². The van der Waals surface area contributed by atoms with E-state index in [1.807, 2.05) is 30.3 Å². The number of aliphatic hydroxyl groups is 1. The number of aliphatic hydroxyl groups excluding tert-OH is 1. The Balaban J connectivity index is 1.89. The quantitative estimate of drug-likeness (QED) is 0.723. The van der Waals surface area contributed by atoms with E-state index in [-0.39, 0.29) is 12.6 Å². The SMILES string of the molecule is CCN(CC)c1ccc([C@@H]2C=C(OC(CO)CF)c3ccccc3N2)cc1. The van der Waals surface area contributed by atoms with Crippen molar-refractivity contribution in [2.24, 2.45) is 0 Å². The maximum Gasteiger partial charge on any atom is 0.150 e. The van der Waals surface area contributed by atoms with E-state index in [0.717, 1.165) is 29.9 Å². The summed E-state index contributed by atoms with van der Waals surface area (Å²) in [6.07, 6.45) is 1.10. The van der Waals surface area contributed by atoms with Crippen molar-refractivity contribution in [2.45, 2.75) is 26.0 Å². The van der Waals surface area contributed by atoms with Crippen molar-refractivity contribution in [2.75, 3.05) is 36.6 Å². The molecule has 1 aliphatic heterocycles. The average Bonchev–Trinajstić information content (AvgIpc) is 2.73. The summed E-state index contributed by atoms with van der Waals surface area (Å²) in [5.41, 5.74) is 4.10. The highest BCUT2D eigenvalue weighted by Crippen LogP contribution is 2.36. The molecule has 0 aliphatic carbocycles. The third-order valence-electron chi connectivity index (χ3n) is 4.87. The number of rotatable bonds is 8.